The van der Waals surface area contributed by atoms with Crippen LogP contribution in [0.15, 0.2) is 4.82 Å². The summed E-state index contributed by atoms with van der Waals surface area (Å²) >= 11 is 0. The second-order valence-electron chi connectivity index (χ2n) is 19.2. The standard InChI is InChI=1S/C29H70O7Si10/c1-40(2,3)30-23-22(28(37)29(38)39(35-45(16,17)18)36-46(19,20)21)24(31-41(4,5)6)26(33-43(10,11)12)27(34-44(13,14)15)25(23)32-42(7,8)9/h39H,1-21,37-38H3. The van der Waals surface area contributed by atoms with Gasteiger partial charge in [-0.15, -0.1) is 0 Å². The van der Waals surface area contributed by atoms with Gasteiger partial charge in [-0.2, -0.15) is 0 Å². The minimum absolute atomic E-state index is 0.657. The van der Waals surface area contributed by atoms with E-state index in [-0.39, 0.29) is 0 Å². The molecule has 0 aliphatic rings. The monoisotopic (exact) mass is 810 g/mol. The minimum atomic E-state index is -2.19. The average molecular weight is 812 g/mol. The van der Waals surface area contributed by atoms with Crippen molar-refractivity contribution >= 4 is 93.2 Å². The van der Waals surface area contributed by atoms with Crippen molar-refractivity contribution < 1.29 is 30.4 Å². The Labute approximate surface area is 298 Å². The molecule has 0 saturated heterocycles. The maximum atomic E-state index is 7.18. The van der Waals surface area contributed by atoms with Crippen LogP contribution in [0.3, 0.4) is 0 Å². The van der Waals surface area contributed by atoms with Crippen LogP contribution in [0.2, 0.25) is 137 Å². The largest absolute Gasteiger partial charge is 0.541 e. The molecule has 0 spiro atoms. The molecule has 0 unspecified atom stereocenters. The smallest absolute Gasteiger partial charge is 0.326 e. The van der Waals surface area contributed by atoms with Gasteiger partial charge in [0, 0.05) is 20.5 Å². The second-order valence-corrected chi connectivity index (χ2v) is 56.4. The summed E-state index contributed by atoms with van der Waals surface area (Å²) in [6.45, 7) is 47.0. The van der Waals surface area contributed by atoms with Gasteiger partial charge < -0.3 is 30.4 Å². The quantitative estimate of drug-likeness (QED) is 0.159. The van der Waals surface area contributed by atoms with Crippen LogP contribution < -0.4 is 22.1 Å². The van der Waals surface area contributed by atoms with Gasteiger partial charge in [-0.3, -0.25) is 0 Å². The van der Waals surface area contributed by atoms with Crippen LogP contribution in [0, 0.1) is 0 Å². The van der Waals surface area contributed by atoms with Crippen molar-refractivity contribution in [3.63, 3.8) is 0 Å². The molecule has 0 bridgehead atoms. The molecule has 268 valence electrons. The summed E-state index contributed by atoms with van der Waals surface area (Å²) in [7, 11) is -15.2. The molecule has 7 nitrogen and oxygen atoms in total. The van der Waals surface area contributed by atoms with Crippen LogP contribution in [-0.2, 0) is 8.23 Å². The Balaban J connectivity index is 4.78. The highest BCUT2D eigenvalue weighted by atomic mass is 28.5. The predicted molar refractivity (Wildman–Crippen MR) is 229 cm³/mol. The first-order valence-corrected chi connectivity index (χ1v) is 44.1. The summed E-state index contributed by atoms with van der Waals surface area (Å²) < 4.78 is 49.5. The molecule has 0 aliphatic heterocycles. The van der Waals surface area contributed by atoms with Crippen LogP contribution in [0.1, 0.15) is 5.56 Å². The number of hydrogen-bond donors (Lipinski definition) is 0. The SMILES string of the molecule is C[Si](C)(C)Oc1c(O[Si](C)(C)C)c(O[Si](C)(C)C)c(C([SiH3])=C([SiH3])[SiH](O[Si](C)(C)C)O[Si](C)(C)C)c(O[Si](C)(C)C)c1O[Si](C)(C)C. The van der Waals surface area contributed by atoms with Crippen LogP contribution in [-0.4, -0.2) is 88.0 Å². The Morgan fingerprint density at radius 2 is 0.587 bits per heavy atom. The van der Waals surface area contributed by atoms with E-state index >= 15 is 0 Å². The third kappa shape index (κ3) is 16.2. The van der Waals surface area contributed by atoms with E-state index in [2.05, 4.69) is 137 Å². The van der Waals surface area contributed by atoms with Gasteiger partial charge in [0.15, 0.2) is 45.4 Å². The van der Waals surface area contributed by atoms with Gasteiger partial charge in [-0.25, -0.2) is 0 Å². The van der Waals surface area contributed by atoms with E-state index in [1.54, 1.807) is 0 Å². The second kappa shape index (κ2) is 15.1. The molecule has 0 atom stereocenters. The molecule has 0 aliphatic carbocycles. The van der Waals surface area contributed by atoms with E-state index in [1.807, 2.05) is 0 Å². The van der Waals surface area contributed by atoms with Crippen LogP contribution in [0.5, 0.6) is 28.7 Å². The van der Waals surface area contributed by atoms with Crippen LogP contribution in [0.25, 0.3) is 5.20 Å². The molecule has 0 heterocycles. The Morgan fingerprint density at radius 1 is 0.370 bits per heavy atom. The highest BCUT2D eigenvalue weighted by Gasteiger charge is 2.40. The molecule has 46 heavy (non-hydrogen) atoms. The molecule has 0 amide bonds. The Morgan fingerprint density at radius 3 is 0.804 bits per heavy atom. The van der Waals surface area contributed by atoms with Crippen molar-refractivity contribution in [3.05, 3.63) is 10.4 Å². The topological polar surface area (TPSA) is 64.6 Å². The van der Waals surface area contributed by atoms with Crippen molar-refractivity contribution in [1.29, 1.82) is 0 Å². The number of rotatable bonds is 16. The summed E-state index contributed by atoms with van der Waals surface area (Å²) in [6, 6.07) is 0. The lowest BCUT2D eigenvalue weighted by Crippen LogP contribution is -2.45. The van der Waals surface area contributed by atoms with Crippen molar-refractivity contribution in [2.24, 2.45) is 0 Å². The first kappa shape index (κ1) is 44.1. The van der Waals surface area contributed by atoms with Gasteiger partial charge in [0.2, 0.25) is 41.6 Å². The fourth-order valence-corrected chi connectivity index (χ4v) is 19.4. The first-order valence-electron chi connectivity index (χ1n) is 16.7. The molecule has 0 fully saturated rings. The third-order valence-corrected chi connectivity index (χ3v) is 23.2. The van der Waals surface area contributed by atoms with E-state index in [0.717, 1.165) is 37.5 Å². The molecule has 0 aromatic heterocycles. The summed E-state index contributed by atoms with van der Waals surface area (Å²) in [4.78, 5) is 1.34. The van der Waals surface area contributed by atoms with E-state index in [0.29, 0.717) is 17.2 Å². The summed E-state index contributed by atoms with van der Waals surface area (Å²) in [5, 5.41) is 1.25. The maximum Gasteiger partial charge on any atom is 0.326 e. The zero-order valence-electron chi connectivity index (χ0n) is 33.9. The molecular formula is C29H70O7Si10. The van der Waals surface area contributed by atoms with E-state index in [1.165, 1.54) is 10.0 Å². The van der Waals surface area contributed by atoms with Gasteiger partial charge in [0.25, 0.3) is 0 Å². The summed E-state index contributed by atoms with van der Waals surface area (Å²) in [5.74, 6) is 3.56. The lowest BCUT2D eigenvalue weighted by molar-refractivity contribution is 0.414. The number of benzene rings is 1. The van der Waals surface area contributed by atoms with Crippen molar-refractivity contribution in [1.82, 2.24) is 0 Å². The van der Waals surface area contributed by atoms with Crippen LogP contribution >= 0.6 is 0 Å². The number of hydrogen-bond acceptors (Lipinski definition) is 7. The molecule has 1 aromatic carbocycles. The highest BCUT2D eigenvalue weighted by molar-refractivity contribution is 6.87. The zero-order chi connectivity index (χ0) is 36.6. The van der Waals surface area contributed by atoms with E-state index < -0.39 is 67.5 Å². The zero-order valence-corrected chi connectivity index (χ0v) is 46.1. The molecule has 1 aromatic rings. The molecule has 0 saturated carbocycles. The molecule has 1 rings (SSSR count). The maximum absolute atomic E-state index is 7.18. The van der Waals surface area contributed by atoms with Gasteiger partial charge in [-0.05, 0) is 137 Å². The molecule has 0 N–H and O–H groups in total. The van der Waals surface area contributed by atoms with E-state index in [4.69, 9.17) is 30.4 Å². The van der Waals surface area contributed by atoms with Crippen LogP contribution in [0.4, 0.5) is 0 Å². The average Bonchev–Trinajstić information content (AvgIpc) is 2.71. The summed E-state index contributed by atoms with van der Waals surface area (Å²) in [6.07, 6.45) is 0. The Bertz CT molecular complexity index is 1170. The van der Waals surface area contributed by atoms with Gasteiger partial charge in [0.1, 0.15) is 0 Å². The highest BCUT2D eigenvalue weighted by Crippen LogP contribution is 2.58. The molecule has 0 radical (unpaired) electrons. The normalized spacial score (nSPS) is 14.8. The van der Waals surface area contributed by atoms with Gasteiger partial charge >= 0.3 is 9.28 Å². The molecule has 17 heteroatoms. The Hall–Kier alpha value is 0.0488. The lowest BCUT2D eigenvalue weighted by Gasteiger charge is -2.37. The Kier molecular flexibility index (Phi) is 14.5. The van der Waals surface area contributed by atoms with Crippen molar-refractivity contribution in [2.45, 2.75) is 137 Å². The van der Waals surface area contributed by atoms with E-state index in [9.17, 15) is 0 Å². The molecular weight excluding hydrogens is 741 g/mol. The fourth-order valence-electron chi connectivity index (χ4n) is 4.20. The third-order valence-electron chi connectivity index (χ3n) is 5.56. The van der Waals surface area contributed by atoms with Crippen molar-refractivity contribution in [2.75, 3.05) is 0 Å². The summed E-state index contributed by atoms with van der Waals surface area (Å²) in [5.41, 5.74) is 0.988. The van der Waals surface area contributed by atoms with Crippen molar-refractivity contribution in [3.8, 4) is 28.7 Å². The fraction of sp³-hybridized carbons (Fsp3) is 0.724. The predicted octanol–water partition coefficient (Wildman–Crippen LogP) is 7.62. The minimum Gasteiger partial charge on any atom is -0.541 e. The lowest BCUT2D eigenvalue weighted by atomic mass is 10.1. The van der Waals surface area contributed by atoms with Gasteiger partial charge in [-0.1, -0.05) is 10.0 Å². The first-order chi connectivity index (χ1) is 20.0. The van der Waals surface area contributed by atoms with Gasteiger partial charge in [0.05, 0.1) is 5.56 Å².